The van der Waals surface area contributed by atoms with E-state index in [0.29, 0.717) is 5.49 Å². The van der Waals surface area contributed by atoms with Gasteiger partial charge in [0.2, 0.25) is 0 Å². The smallest absolute Gasteiger partial charge is 0.387 e. The molecule has 5 N–H and O–H groups in total. The molecule has 0 amide bonds. The van der Waals surface area contributed by atoms with Gasteiger partial charge in [-0.2, -0.15) is 0 Å². The second-order valence-electron chi connectivity index (χ2n) is 5.65. The van der Waals surface area contributed by atoms with Crippen molar-refractivity contribution in [1.29, 1.82) is 0 Å². The van der Waals surface area contributed by atoms with E-state index < -0.39 is 39.0 Å². The molecular weight excluding hydrogens is 341 g/mol. The van der Waals surface area contributed by atoms with Crippen molar-refractivity contribution in [2.45, 2.75) is 31.5 Å². The van der Waals surface area contributed by atoms with Crippen molar-refractivity contribution in [1.82, 2.24) is 9.88 Å². The Labute approximate surface area is 136 Å². The van der Waals surface area contributed by atoms with Gasteiger partial charge in [0.25, 0.3) is 0 Å². The van der Waals surface area contributed by atoms with Crippen molar-refractivity contribution in [3.8, 4) is 0 Å². The molecule has 0 saturated carbocycles. The van der Waals surface area contributed by atoms with Crippen molar-refractivity contribution < 1.29 is 33.8 Å². The number of phosphoric acid groups is 1. The summed E-state index contributed by atoms with van der Waals surface area (Å²) in [6.07, 6.45) is -3.16. The lowest BCUT2D eigenvalue weighted by molar-refractivity contribution is -0.0633. The maximum absolute atomic E-state index is 10.8. The molecule has 4 atom stereocenters. The molecule has 24 heavy (non-hydrogen) atoms. The van der Waals surface area contributed by atoms with Gasteiger partial charge in [-0.3, -0.25) is 4.52 Å². The monoisotopic (exact) mass is 359 g/mol. The highest BCUT2D eigenvalue weighted by atomic mass is 31.2. The number of hydrogen-bond acceptors (Lipinski definition) is 7. The zero-order chi connectivity index (χ0) is 17.6. The van der Waals surface area contributed by atoms with Crippen LogP contribution in [0.3, 0.4) is 0 Å². The number of rotatable bonds is 4. The zero-order valence-corrected chi connectivity index (χ0v) is 13.6. The van der Waals surface area contributed by atoms with E-state index in [0.717, 1.165) is 10.9 Å². The molecule has 132 valence electrons. The minimum atomic E-state index is -4.70. The van der Waals surface area contributed by atoms with E-state index in [-0.39, 0.29) is 5.82 Å². The Bertz CT molecular complexity index is 816. The predicted octanol–water partition coefficient (Wildman–Crippen LogP) is -1.98. The summed E-state index contributed by atoms with van der Waals surface area (Å²) in [6, 6.07) is 1.85. The lowest BCUT2D eigenvalue weighted by Gasteiger charge is -2.29. The Hall–Kier alpha value is -1.52. The summed E-state index contributed by atoms with van der Waals surface area (Å²) >= 11 is 0. The Kier molecular flexibility index (Phi) is 4.39. The van der Waals surface area contributed by atoms with Crippen molar-refractivity contribution in [2.75, 3.05) is 6.61 Å². The van der Waals surface area contributed by atoms with Gasteiger partial charge in [-0.15, -0.1) is 0 Å². The summed E-state index contributed by atoms with van der Waals surface area (Å²) in [7, 11) is -4.70. The van der Waals surface area contributed by atoms with E-state index in [9.17, 15) is 14.8 Å². The van der Waals surface area contributed by atoms with Crippen LogP contribution in [0.1, 0.15) is 5.69 Å². The molecule has 3 rings (SSSR count). The van der Waals surface area contributed by atoms with E-state index in [1.807, 2.05) is 13.0 Å². The second-order valence-corrected chi connectivity index (χ2v) is 6.89. The molecule has 2 unspecified atom stereocenters. The molecule has 1 aromatic heterocycles. The molecule has 1 fully saturated rings. The highest BCUT2D eigenvalue weighted by Gasteiger charge is 2.46. The number of aromatic amines is 1. The molecule has 3 heterocycles. The van der Waals surface area contributed by atoms with Crippen LogP contribution in [0.2, 0.25) is 0 Å². The van der Waals surface area contributed by atoms with Gasteiger partial charge in [0.05, 0.1) is 6.61 Å². The number of aromatic nitrogens is 1. The van der Waals surface area contributed by atoms with Crippen molar-refractivity contribution in [2.24, 2.45) is 4.99 Å². The number of hydrogen-bond donors (Lipinski definition) is 5. The maximum atomic E-state index is 10.8. The average molecular weight is 359 g/mol. The molecule has 0 bridgehead atoms. The Morgan fingerprint density at radius 2 is 2.17 bits per heavy atom. The third kappa shape index (κ3) is 3.31. The fourth-order valence-electron chi connectivity index (χ4n) is 2.69. The normalized spacial score (nSPS) is 30.0. The van der Waals surface area contributed by atoms with Crippen LogP contribution in [0.25, 0.3) is 6.20 Å². The van der Waals surface area contributed by atoms with Crippen LogP contribution in [0.4, 0.5) is 0 Å². The minimum absolute atomic E-state index is 0.289. The zero-order valence-electron chi connectivity index (χ0n) is 12.7. The van der Waals surface area contributed by atoms with Crippen molar-refractivity contribution in [3.63, 3.8) is 0 Å². The van der Waals surface area contributed by atoms with Gasteiger partial charge in [-0.1, -0.05) is 6.58 Å². The van der Waals surface area contributed by atoms with E-state index in [1.165, 1.54) is 4.90 Å². The van der Waals surface area contributed by atoms with Crippen LogP contribution in [0.15, 0.2) is 23.5 Å². The fraction of sp³-hybridized carbons (Fsp3) is 0.462. The number of phosphoric ester groups is 1. The molecular formula is C13H18N3O7P. The number of ether oxygens (including phenoxy) is 1. The van der Waals surface area contributed by atoms with Gasteiger partial charge in [0.15, 0.2) is 6.23 Å². The van der Waals surface area contributed by atoms with Crippen molar-refractivity contribution >= 4 is 14.0 Å². The Morgan fingerprint density at radius 1 is 1.46 bits per heavy atom. The number of aliphatic hydroxyl groups excluding tert-OH is 2. The minimum Gasteiger partial charge on any atom is -0.387 e. The summed E-state index contributed by atoms with van der Waals surface area (Å²) in [5.74, 6) is 0.289. The van der Waals surface area contributed by atoms with E-state index in [2.05, 4.69) is 21.1 Å². The van der Waals surface area contributed by atoms with Gasteiger partial charge in [-0.05, 0) is 13.0 Å². The summed E-state index contributed by atoms with van der Waals surface area (Å²) < 4.78 is 20.6. The van der Waals surface area contributed by atoms with Gasteiger partial charge in [0, 0.05) is 17.1 Å². The summed E-state index contributed by atoms with van der Waals surface area (Å²) in [6.45, 7) is 5.10. The van der Waals surface area contributed by atoms with Gasteiger partial charge < -0.3 is 34.6 Å². The van der Waals surface area contributed by atoms with Gasteiger partial charge in [0.1, 0.15) is 29.6 Å². The Morgan fingerprint density at radius 3 is 2.83 bits per heavy atom. The molecule has 2 aliphatic rings. The summed E-state index contributed by atoms with van der Waals surface area (Å²) in [5.41, 5.74) is 1.53. The van der Waals surface area contributed by atoms with Crippen LogP contribution < -0.4 is 10.7 Å². The standard InChI is InChI=1S/C13H18N3O7P/c1-6-3-8-4-16(7(2)15-12(8)14-6)13-11(18)10(17)9(23-13)5-22-24(19,20)21/h3-4,9-11,13,17-18H,2,5H2,1H3,(H,14,15)(H2,19,20,21)/t9?,10?,11-,13-/m1/s1. The molecule has 1 saturated heterocycles. The van der Waals surface area contributed by atoms with E-state index in [1.54, 1.807) is 6.20 Å². The summed E-state index contributed by atoms with van der Waals surface area (Å²) in [4.78, 5) is 26.3. The fourth-order valence-corrected chi connectivity index (χ4v) is 3.03. The molecule has 0 radical (unpaired) electrons. The number of aryl methyl sites for hydroxylation is 1. The highest BCUT2D eigenvalue weighted by molar-refractivity contribution is 7.46. The topological polar surface area (TPSA) is 148 Å². The molecule has 0 spiro atoms. The quantitative estimate of drug-likeness (QED) is 0.389. The number of fused-ring (bicyclic) bond motifs is 1. The van der Waals surface area contributed by atoms with Gasteiger partial charge >= 0.3 is 7.82 Å². The third-order valence-electron chi connectivity index (χ3n) is 3.80. The number of nitrogens with one attached hydrogen (secondary N) is 1. The van der Waals surface area contributed by atoms with E-state index in [4.69, 9.17) is 14.5 Å². The molecule has 11 heteroatoms. The average Bonchev–Trinajstić information content (AvgIpc) is 2.96. The highest BCUT2D eigenvalue weighted by Crippen LogP contribution is 2.37. The first-order valence-electron chi connectivity index (χ1n) is 7.11. The van der Waals surface area contributed by atoms with E-state index >= 15 is 0 Å². The third-order valence-corrected chi connectivity index (χ3v) is 4.28. The maximum Gasteiger partial charge on any atom is 0.469 e. The summed E-state index contributed by atoms with van der Waals surface area (Å²) in [5, 5.41) is 21.0. The SMILES string of the molecule is C=C1N=c2[nH]c(C)cc2=CN1[C@@H]1OC(COP(=O)(O)O)C(O)[C@H]1O. The first-order valence-corrected chi connectivity index (χ1v) is 8.64. The lowest BCUT2D eigenvalue weighted by Crippen LogP contribution is -2.44. The molecule has 2 aliphatic heterocycles. The van der Waals surface area contributed by atoms with Crippen LogP contribution >= 0.6 is 7.82 Å². The lowest BCUT2D eigenvalue weighted by atomic mass is 10.1. The number of aliphatic hydroxyl groups is 2. The van der Waals surface area contributed by atoms with Crippen LogP contribution in [-0.2, 0) is 13.8 Å². The molecule has 0 aliphatic carbocycles. The van der Waals surface area contributed by atoms with Crippen LogP contribution in [-0.4, -0.2) is 61.0 Å². The van der Waals surface area contributed by atoms with Gasteiger partial charge in [-0.25, -0.2) is 9.56 Å². The molecule has 1 aromatic rings. The van der Waals surface area contributed by atoms with Crippen molar-refractivity contribution in [3.05, 3.63) is 34.9 Å². The number of H-pyrrole nitrogens is 1. The first kappa shape index (κ1) is 17.3. The number of nitrogens with zero attached hydrogens (tertiary/aromatic N) is 2. The largest absolute Gasteiger partial charge is 0.469 e. The van der Waals surface area contributed by atoms with Crippen LogP contribution in [0, 0.1) is 6.92 Å². The molecule has 0 aromatic carbocycles. The first-order chi connectivity index (χ1) is 11.2. The second kappa shape index (κ2) is 6.08. The molecule has 10 nitrogen and oxygen atoms in total. The Balaban J connectivity index is 1.81. The van der Waals surface area contributed by atoms with Crippen LogP contribution in [0.5, 0.6) is 0 Å². The predicted molar refractivity (Wildman–Crippen MR) is 80.4 cm³/mol.